The molecule has 0 aliphatic heterocycles. The predicted molar refractivity (Wildman–Crippen MR) is 80.5 cm³/mol. The minimum atomic E-state index is -3.61. The quantitative estimate of drug-likeness (QED) is 0.843. The largest absolute Gasteiger partial charge is 0.398 e. The Labute approximate surface area is 120 Å². The van der Waals surface area contributed by atoms with Crippen molar-refractivity contribution in [2.24, 2.45) is 0 Å². The first kappa shape index (κ1) is 13.9. The summed E-state index contributed by atoms with van der Waals surface area (Å²) in [7, 11) is -3.61. The highest BCUT2D eigenvalue weighted by atomic mass is 79.9. The Morgan fingerprint density at radius 3 is 2.32 bits per heavy atom. The van der Waals surface area contributed by atoms with Crippen molar-refractivity contribution >= 4 is 37.3 Å². The predicted octanol–water partition coefficient (Wildman–Crippen LogP) is 3.14. The van der Waals surface area contributed by atoms with Gasteiger partial charge in [0.1, 0.15) is 0 Å². The molecule has 2 aromatic carbocycles. The van der Waals surface area contributed by atoms with E-state index in [4.69, 9.17) is 5.73 Å². The zero-order valence-corrected chi connectivity index (χ0v) is 12.6. The Bertz CT molecular complexity index is 697. The van der Waals surface area contributed by atoms with Crippen LogP contribution in [-0.2, 0) is 10.0 Å². The molecule has 0 fully saturated rings. The molecule has 4 nitrogen and oxygen atoms in total. The average molecular weight is 341 g/mol. The Balaban J connectivity index is 2.32. The van der Waals surface area contributed by atoms with E-state index in [1.165, 1.54) is 12.1 Å². The van der Waals surface area contributed by atoms with Crippen LogP contribution >= 0.6 is 15.9 Å². The van der Waals surface area contributed by atoms with Crippen LogP contribution < -0.4 is 10.5 Å². The second kappa shape index (κ2) is 5.22. The van der Waals surface area contributed by atoms with Crippen molar-refractivity contribution in [2.75, 3.05) is 10.5 Å². The second-order valence-electron chi connectivity index (χ2n) is 4.13. The second-order valence-corrected chi connectivity index (χ2v) is 6.73. The lowest BCUT2D eigenvalue weighted by molar-refractivity contribution is 0.601. The van der Waals surface area contributed by atoms with Crippen molar-refractivity contribution in [1.82, 2.24) is 0 Å². The van der Waals surface area contributed by atoms with Crippen LogP contribution in [0.15, 0.2) is 51.8 Å². The van der Waals surface area contributed by atoms with Crippen LogP contribution in [0.5, 0.6) is 0 Å². The van der Waals surface area contributed by atoms with E-state index in [9.17, 15) is 8.42 Å². The molecule has 0 spiro atoms. The Morgan fingerprint density at radius 1 is 1.11 bits per heavy atom. The summed E-state index contributed by atoms with van der Waals surface area (Å²) in [5, 5.41) is 0. The maximum Gasteiger partial charge on any atom is 0.261 e. The van der Waals surface area contributed by atoms with Crippen molar-refractivity contribution in [3.63, 3.8) is 0 Å². The first-order chi connectivity index (χ1) is 8.88. The van der Waals surface area contributed by atoms with Crippen molar-refractivity contribution in [2.45, 2.75) is 11.8 Å². The van der Waals surface area contributed by atoms with Gasteiger partial charge in [0.15, 0.2) is 0 Å². The molecule has 6 heteroatoms. The summed E-state index contributed by atoms with van der Waals surface area (Å²) in [6.45, 7) is 1.83. The lowest BCUT2D eigenvalue weighted by Gasteiger charge is -2.09. The number of rotatable bonds is 3. The molecule has 19 heavy (non-hydrogen) atoms. The number of nitrogens with two attached hydrogens (primary N) is 1. The standard InChI is InChI=1S/C13H13BrN2O2S/c1-9-2-7-12(8-13(9)15)19(17,18)16-11-5-3-10(14)4-6-11/h2-8,16H,15H2,1H3. The number of aryl methyl sites for hydroxylation is 1. The van der Waals surface area contributed by atoms with Gasteiger partial charge in [0.2, 0.25) is 0 Å². The van der Waals surface area contributed by atoms with Gasteiger partial charge < -0.3 is 5.73 Å². The maximum atomic E-state index is 12.2. The lowest BCUT2D eigenvalue weighted by Crippen LogP contribution is -2.13. The highest BCUT2D eigenvalue weighted by molar-refractivity contribution is 9.10. The number of nitrogen functional groups attached to an aromatic ring is 1. The van der Waals surface area contributed by atoms with Gasteiger partial charge in [-0.2, -0.15) is 0 Å². The Kier molecular flexibility index (Phi) is 3.82. The number of hydrogen-bond acceptors (Lipinski definition) is 3. The molecular weight excluding hydrogens is 328 g/mol. The molecule has 2 rings (SSSR count). The number of nitrogens with one attached hydrogen (secondary N) is 1. The van der Waals surface area contributed by atoms with E-state index in [1.807, 2.05) is 6.92 Å². The van der Waals surface area contributed by atoms with Gasteiger partial charge in [0, 0.05) is 15.8 Å². The molecular formula is C13H13BrN2O2S. The molecule has 0 bridgehead atoms. The summed E-state index contributed by atoms with van der Waals surface area (Å²) in [6, 6.07) is 11.6. The molecule has 0 aliphatic rings. The van der Waals surface area contributed by atoms with Gasteiger partial charge in [0.25, 0.3) is 10.0 Å². The van der Waals surface area contributed by atoms with E-state index >= 15 is 0 Å². The first-order valence-corrected chi connectivity index (χ1v) is 7.80. The molecule has 0 saturated heterocycles. The molecule has 0 aliphatic carbocycles. The van der Waals surface area contributed by atoms with E-state index in [1.54, 1.807) is 30.3 Å². The number of hydrogen-bond donors (Lipinski definition) is 2. The SMILES string of the molecule is Cc1ccc(S(=O)(=O)Nc2ccc(Br)cc2)cc1N. The van der Waals surface area contributed by atoms with Gasteiger partial charge in [-0.05, 0) is 48.9 Å². The fourth-order valence-electron chi connectivity index (χ4n) is 1.52. The molecule has 0 radical (unpaired) electrons. The zero-order valence-electron chi connectivity index (χ0n) is 10.2. The van der Waals surface area contributed by atoms with E-state index in [0.29, 0.717) is 11.4 Å². The van der Waals surface area contributed by atoms with Crippen LogP contribution in [0.25, 0.3) is 0 Å². The minimum absolute atomic E-state index is 0.151. The summed E-state index contributed by atoms with van der Waals surface area (Å²) < 4.78 is 27.7. The maximum absolute atomic E-state index is 12.2. The number of anilines is 2. The van der Waals surface area contributed by atoms with Crippen LogP contribution in [-0.4, -0.2) is 8.42 Å². The van der Waals surface area contributed by atoms with E-state index in [0.717, 1.165) is 10.0 Å². The van der Waals surface area contributed by atoms with Crippen molar-refractivity contribution < 1.29 is 8.42 Å². The first-order valence-electron chi connectivity index (χ1n) is 5.53. The van der Waals surface area contributed by atoms with Crippen LogP contribution in [0.1, 0.15) is 5.56 Å². The molecule has 0 heterocycles. The third-order valence-electron chi connectivity index (χ3n) is 2.66. The molecule has 0 unspecified atom stereocenters. The van der Waals surface area contributed by atoms with Crippen LogP contribution in [0.3, 0.4) is 0 Å². The van der Waals surface area contributed by atoms with Gasteiger partial charge in [-0.25, -0.2) is 8.42 Å². The molecule has 0 atom stereocenters. The smallest absolute Gasteiger partial charge is 0.261 e. The molecule has 0 aromatic heterocycles. The van der Waals surface area contributed by atoms with E-state index in [-0.39, 0.29) is 4.90 Å². The third-order valence-corrected chi connectivity index (χ3v) is 4.57. The molecule has 100 valence electrons. The monoisotopic (exact) mass is 340 g/mol. The van der Waals surface area contributed by atoms with Crippen molar-refractivity contribution in [1.29, 1.82) is 0 Å². The number of sulfonamides is 1. The van der Waals surface area contributed by atoms with Gasteiger partial charge >= 0.3 is 0 Å². The molecule has 0 amide bonds. The summed E-state index contributed by atoms with van der Waals surface area (Å²) in [4.78, 5) is 0.151. The van der Waals surface area contributed by atoms with Gasteiger partial charge in [-0.15, -0.1) is 0 Å². The summed E-state index contributed by atoms with van der Waals surface area (Å²) in [5.74, 6) is 0. The van der Waals surface area contributed by atoms with E-state index < -0.39 is 10.0 Å². The topological polar surface area (TPSA) is 72.2 Å². The summed E-state index contributed by atoms with van der Waals surface area (Å²) in [5.41, 5.74) is 7.54. The van der Waals surface area contributed by atoms with E-state index in [2.05, 4.69) is 20.7 Å². The number of halogens is 1. The molecule has 2 aromatic rings. The van der Waals surface area contributed by atoms with Crippen LogP contribution in [0.2, 0.25) is 0 Å². The fourth-order valence-corrected chi connectivity index (χ4v) is 2.88. The summed E-state index contributed by atoms with van der Waals surface area (Å²) >= 11 is 3.29. The lowest BCUT2D eigenvalue weighted by atomic mass is 10.2. The third kappa shape index (κ3) is 3.27. The van der Waals surface area contributed by atoms with Gasteiger partial charge in [-0.3, -0.25) is 4.72 Å². The fraction of sp³-hybridized carbons (Fsp3) is 0.0769. The van der Waals surface area contributed by atoms with Crippen LogP contribution in [0, 0.1) is 6.92 Å². The Hall–Kier alpha value is -1.53. The highest BCUT2D eigenvalue weighted by Crippen LogP contribution is 2.21. The highest BCUT2D eigenvalue weighted by Gasteiger charge is 2.14. The van der Waals surface area contributed by atoms with Gasteiger partial charge in [0.05, 0.1) is 4.90 Å². The molecule has 3 N–H and O–H groups in total. The normalized spacial score (nSPS) is 11.3. The van der Waals surface area contributed by atoms with Crippen molar-refractivity contribution in [3.05, 3.63) is 52.5 Å². The Morgan fingerprint density at radius 2 is 1.74 bits per heavy atom. The molecule has 0 saturated carbocycles. The zero-order chi connectivity index (χ0) is 14.0. The number of benzene rings is 2. The summed E-state index contributed by atoms with van der Waals surface area (Å²) in [6.07, 6.45) is 0. The van der Waals surface area contributed by atoms with Crippen molar-refractivity contribution in [3.8, 4) is 0 Å². The minimum Gasteiger partial charge on any atom is -0.398 e. The van der Waals surface area contributed by atoms with Gasteiger partial charge in [-0.1, -0.05) is 22.0 Å². The average Bonchev–Trinajstić information content (AvgIpc) is 2.35. The van der Waals surface area contributed by atoms with Crippen LogP contribution in [0.4, 0.5) is 11.4 Å².